The molecule has 0 aromatic heterocycles. The zero-order valence-electron chi connectivity index (χ0n) is 10.5. The fraction of sp³-hybridized carbons (Fsp3) is 0.538. The Labute approximate surface area is 108 Å². The fourth-order valence-corrected chi connectivity index (χ4v) is 1.95. The lowest BCUT2D eigenvalue weighted by Gasteiger charge is -2.18. The lowest BCUT2D eigenvalue weighted by molar-refractivity contribution is 0.302. The highest BCUT2D eigenvalue weighted by Crippen LogP contribution is 2.24. The number of hydrogen-bond donors (Lipinski definition) is 2. The van der Waals surface area contributed by atoms with E-state index in [4.69, 9.17) is 11.6 Å². The molecule has 96 valence electrons. The Bertz CT molecular complexity index is 320. The van der Waals surface area contributed by atoms with Crippen molar-refractivity contribution < 1.29 is 5.11 Å². The molecule has 4 heteroatoms. The van der Waals surface area contributed by atoms with E-state index in [0.29, 0.717) is 11.6 Å². The van der Waals surface area contributed by atoms with Crippen LogP contribution in [0, 0.1) is 0 Å². The van der Waals surface area contributed by atoms with Crippen LogP contribution < -0.4 is 5.32 Å². The molecule has 0 unspecified atom stereocenters. The van der Waals surface area contributed by atoms with Crippen LogP contribution in [0.25, 0.3) is 0 Å². The molecule has 0 amide bonds. The van der Waals surface area contributed by atoms with Gasteiger partial charge in [-0.25, -0.2) is 0 Å². The van der Waals surface area contributed by atoms with Crippen LogP contribution in [0.3, 0.4) is 0 Å². The number of aromatic hydroxyl groups is 1. The van der Waals surface area contributed by atoms with Crippen molar-refractivity contribution in [1.29, 1.82) is 0 Å². The molecule has 0 heterocycles. The Kier molecular flexibility index (Phi) is 6.34. The first-order chi connectivity index (χ1) is 8.19. The van der Waals surface area contributed by atoms with E-state index in [1.54, 1.807) is 18.2 Å². The van der Waals surface area contributed by atoms with Crippen molar-refractivity contribution in [3.63, 3.8) is 0 Å². The number of phenolic OH excluding ortho intramolecular Hbond substituents is 1. The van der Waals surface area contributed by atoms with Crippen molar-refractivity contribution in [2.24, 2.45) is 0 Å². The van der Waals surface area contributed by atoms with E-state index in [1.165, 1.54) is 0 Å². The summed E-state index contributed by atoms with van der Waals surface area (Å²) in [5, 5.41) is 13.6. The number of halogens is 1. The molecular weight excluding hydrogens is 236 g/mol. The molecule has 0 spiro atoms. The van der Waals surface area contributed by atoms with Crippen LogP contribution in [-0.2, 0) is 6.54 Å². The summed E-state index contributed by atoms with van der Waals surface area (Å²) in [6, 6.07) is 5.20. The van der Waals surface area contributed by atoms with Crippen LogP contribution in [0.1, 0.15) is 19.4 Å². The minimum Gasteiger partial charge on any atom is -0.508 e. The van der Waals surface area contributed by atoms with Crippen LogP contribution >= 0.6 is 11.6 Å². The van der Waals surface area contributed by atoms with Gasteiger partial charge >= 0.3 is 0 Å². The van der Waals surface area contributed by atoms with Gasteiger partial charge in [0.1, 0.15) is 5.75 Å². The highest BCUT2D eigenvalue weighted by molar-refractivity contribution is 6.31. The van der Waals surface area contributed by atoms with E-state index in [0.717, 1.165) is 31.7 Å². The summed E-state index contributed by atoms with van der Waals surface area (Å²) >= 11 is 6.02. The Morgan fingerprint density at radius 3 is 2.59 bits per heavy atom. The molecule has 0 fully saturated rings. The summed E-state index contributed by atoms with van der Waals surface area (Å²) in [4.78, 5) is 2.35. The van der Waals surface area contributed by atoms with Gasteiger partial charge in [-0.15, -0.1) is 0 Å². The normalized spacial score (nSPS) is 11.1. The Morgan fingerprint density at radius 2 is 2.00 bits per heavy atom. The summed E-state index contributed by atoms with van der Waals surface area (Å²) in [6.45, 7) is 8.95. The number of hydrogen-bond acceptors (Lipinski definition) is 3. The third kappa shape index (κ3) is 4.54. The molecule has 0 atom stereocenters. The third-order valence-electron chi connectivity index (χ3n) is 2.90. The van der Waals surface area contributed by atoms with E-state index < -0.39 is 0 Å². The lowest BCUT2D eigenvalue weighted by atomic mass is 10.2. The average Bonchev–Trinajstić information content (AvgIpc) is 2.32. The van der Waals surface area contributed by atoms with Gasteiger partial charge in [0.05, 0.1) is 0 Å². The molecule has 17 heavy (non-hydrogen) atoms. The number of benzene rings is 1. The van der Waals surface area contributed by atoms with E-state index in [2.05, 4.69) is 24.1 Å². The summed E-state index contributed by atoms with van der Waals surface area (Å²) in [5.74, 6) is 0.257. The topological polar surface area (TPSA) is 35.5 Å². The molecule has 1 aromatic rings. The van der Waals surface area contributed by atoms with E-state index in [-0.39, 0.29) is 5.75 Å². The SMILES string of the molecule is CCN(CC)CCNCc1c(O)cccc1Cl. The van der Waals surface area contributed by atoms with Crippen LogP contribution in [0.2, 0.25) is 5.02 Å². The van der Waals surface area contributed by atoms with Gasteiger partial charge in [-0.2, -0.15) is 0 Å². The fourth-order valence-electron chi connectivity index (χ4n) is 1.71. The molecule has 1 rings (SSSR count). The molecule has 0 bridgehead atoms. The van der Waals surface area contributed by atoms with Crippen molar-refractivity contribution in [1.82, 2.24) is 10.2 Å². The summed E-state index contributed by atoms with van der Waals surface area (Å²) in [7, 11) is 0. The predicted molar refractivity (Wildman–Crippen MR) is 72.6 cm³/mol. The molecule has 1 aromatic carbocycles. The Balaban J connectivity index is 2.36. The minimum atomic E-state index is 0.257. The van der Waals surface area contributed by atoms with Crippen LogP contribution in [0.4, 0.5) is 0 Å². The molecule has 0 saturated carbocycles. The average molecular weight is 257 g/mol. The van der Waals surface area contributed by atoms with Crippen molar-refractivity contribution in [2.45, 2.75) is 20.4 Å². The quantitative estimate of drug-likeness (QED) is 0.736. The maximum Gasteiger partial charge on any atom is 0.121 e. The zero-order valence-corrected chi connectivity index (χ0v) is 11.3. The molecule has 2 N–H and O–H groups in total. The highest BCUT2D eigenvalue weighted by atomic mass is 35.5. The van der Waals surface area contributed by atoms with Crippen molar-refractivity contribution in [2.75, 3.05) is 26.2 Å². The molecule has 0 aliphatic heterocycles. The minimum absolute atomic E-state index is 0.257. The van der Waals surface area contributed by atoms with Gasteiger partial charge in [-0.1, -0.05) is 31.5 Å². The van der Waals surface area contributed by atoms with E-state index in [9.17, 15) is 5.11 Å². The van der Waals surface area contributed by atoms with Crippen LogP contribution in [0.5, 0.6) is 5.75 Å². The monoisotopic (exact) mass is 256 g/mol. The van der Waals surface area contributed by atoms with Gasteiger partial charge in [-0.3, -0.25) is 0 Å². The number of nitrogens with one attached hydrogen (secondary N) is 1. The molecule has 0 radical (unpaired) electrons. The molecular formula is C13H21ClN2O. The number of nitrogens with zero attached hydrogens (tertiary/aromatic N) is 1. The first kappa shape index (κ1) is 14.3. The summed E-state index contributed by atoms with van der Waals surface area (Å²) in [5.41, 5.74) is 0.772. The standard InChI is InChI=1S/C13H21ClN2O/c1-3-16(4-2)9-8-15-10-11-12(14)6-5-7-13(11)17/h5-7,15,17H,3-4,8-10H2,1-2H3. The lowest BCUT2D eigenvalue weighted by Crippen LogP contribution is -2.31. The second-order valence-electron chi connectivity index (χ2n) is 3.94. The van der Waals surface area contributed by atoms with E-state index in [1.807, 2.05) is 0 Å². The van der Waals surface area contributed by atoms with Gasteiger partial charge in [0.2, 0.25) is 0 Å². The first-order valence-corrected chi connectivity index (χ1v) is 6.46. The second-order valence-corrected chi connectivity index (χ2v) is 4.35. The van der Waals surface area contributed by atoms with Crippen LogP contribution in [-0.4, -0.2) is 36.2 Å². The van der Waals surface area contributed by atoms with Gasteiger partial charge in [0, 0.05) is 30.2 Å². The van der Waals surface area contributed by atoms with Crippen molar-refractivity contribution in [3.05, 3.63) is 28.8 Å². The molecule has 0 aliphatic rings. The van der Waals surface area contributed by atoms with Crippen LogP contribution in [0.15, 0.2) is 18.2 Å². The van der Waals surface area contributed by atoms with E-state index >= 15 is 0 Å². The van der Waals surface area contributed by atoms with Gasteiger partial charge in [-0.05, 0) is 25.2 Å². The summed E-state index contributed by atoms with van der Waals surface area (Å²) < 4.78 is 0. The van der Waals surface area contributed by atoms with Gasteiger partial charge in [0.15, 0.2) is 0 Å². The van der Waals surface area contributed by atoms with Gasteiger partial charge in [0.25, 0.3) is 0 Å². The largest absolute Gasteiger partial charge is 0.508 e. The van der Waals surface area contributed by atoms with Gasteiger partial charge < -0.3 is 15.3 Å². The number of likely N-dealkylation sites (N-methyl/N-ethyl adjacent to an activating group) is 1. The maximum atomic E-state index is 9.66. The maximum absolute atomic E-state index is 9.66. The highest BCUT2D eigenvalue weighted by Gasteiger charge is 2.05. The predicted octanol–water partition coefficient (Wildman–Crippen LogP) is 2.48. The Morgan fingerprint density at radius 1 is 1.29 bits per heavy atom. The van der Waals surface area contributed by atoms with Crippen molar-refractivity contribution in [3.8, 4) is 5.75 Å². The second kappa shape index (κ2) is 7.54. The molecule has 0 aliphatic carbocycles. The molecule has 3 nitrogen and oxygen atoms in total. The van der Waals surface area contributed by atoms with Crippen molar-refractivity contribution >= 4 is 11.6 Å². The molecule has 0 saturated heterocycles. The Hall–Kier alpha value is -0.770. The summed E-state index contributed by atoms with van der Waals surface area (Å²) in [6.07, 6.45) is 0. The number of phenols is 1. The third-order valence-corrected chi connectivity index (χ3v) is 3.25. The smallest absolute Gasteiger partial charge is 0.121 e. The number of rotatable bonds is 7. The first-order valence-electron chi connectivity index (χ1n) is 6.08. The zero-order chi connectivity index (χ0) is 12.7.